The molecule has 1 aliphatic rings. The summed E-state index contributed by atoms with van der Waals surface area (Å²) in [5.74, 6) is -0.291. The minimum Gasteiger partial charge on any atom is -0.386 e. The molecule has 0 aromatic heterocycles. The number of imide groups is 1. The average Bonchev–Trinajstić information content (AvgIpc) is 2.18. The molecule has 0 saturated carbocycles. The fraction of sp³-hybridized carbons (Fsp3) is 0.545. The van der Waals surface area contributed by atoms with Gasteiger partial charge in [-0.2, -0.15) is 4.99 Å². The van der Waals surface area contributed by atoms with Crippen molar-refractivity contribution in [3.05, 3.63) is 11.6 Å². The Balaban J connectivity index is 3.31. The van der Waals surface area contributed by atoms with Crippen molar-refractivity contribution in [1.82, 2.24) is 5.32 Å². The van der Waals surface area contributed by atoms with Crippen molar-refractivity contribution in [1.29, 1.82) is 0 Å². The number of urea groups is 1. The molecule has 0 fully saturated rings. The van der Waals surface area contributed by atoms with Crippen molar-refractivity contribution in [2.45, 2.75) is 33.6 Å². The number of carbonyl (C=O) groups is 2. The molecule has 0 bridgehead atoms. The van der Waals surface area contributed by atoms with Gasteiger partial charge in [0.05, 0.1) is 0 Å². The van der Waals surface area contributed by atoms with Crippen molar-refractivity contribution in [3.63, 3.8) is 0 Å². The highest BCUT2D eigenvalue weighted by Crippen LogP contribution is 2.34. The Bertz CT molecular complexity index is 385. The summed E-state index contributed by atoms with van der Waals surface area (Å²) in [4.78, 5) is 26.6. The zero-order valence-corrected chi connectivity index (χ0v) is 9.83. The number of nitrogens with one attached hydrogen (secondary N) is 1. The van der Waals surface area contributed by atoms with E-state index in [1.165, 1.54) is 0 Å². The average molecular weight is 223 g/mol. The predicted octanol–water partition coefficient (Wildman–Crippen LogP) is 1.35. The summed E-state index contributed by atoms with van der Waals surface area (Å²) in [7, 11) is 0. The van der Waals surface area contributed by atoms with Crippen LogP contribution >= 0.6 is 0 Å². The molecule has 1 atom stereocenters. The van der Waals surface area contributed by atoms with Gasteiger partial charge in [-0.15, -0.1) is 0 Å². The lowest BCUT2D eigenvalue weighted by molar-refractivity contribution is -0.125. The fourth-order valence-corrected chi connectivity index (χ4v) is 2.03. The lowest BCUT2D eigenvalue weighted by Crippen LogP contribution is -2.55. The van der Waals surface area contributed by atoms with Crippen LogP contribution in [-0.4, -0.2) is 17.8 Å². The molecule has 1 heterocycles. The minimum atomic E-state index is -0.954. The number of hydrogen-bond acceptors (Lipinski definition) is 3. The summed E-state index contributed by atoms with van der Waals surface area (Å²) >= 11 is 0. The molecule has 16 heavy (non-hydrogen) atoms. The van der Waals surface area contributed by atoms with Gasteiger partial charge in [-0.3, -0.25) is 10.1 Å². The van der Waals surface area contributed by atoms with Crippen LogP contribution in [0, 0.1) is 5.41 Å². The van der Waals surface area contributed by atoms with Crippen LogP contribution in [0.25, 0.3) is 0 Å². The smallest absolute Gasteiger partial charge is 0.349 e. The van der Waals surface area contributed by atoms with Crippen LogP contribution in [0.1, 0.15) is 33.6 Å². The first-order valence-electron chi connectivity index (χ1n) is 5.36. The molecule has 1 rings (SSSR count). The van der Waals surface area contributed by atoms with E-state index in [-0.39, 0.29) is 11.7 Å². The van der Waals surface area contributed by atoms with E-state index >= 15 is 0 Å². The van der Waals surface area contributed by atoms with Crippen molar-refractivity contribution in [3.8, 4) is 0 Å². The summed E-state index contributed by atoms with van der Waals surface area (Å²) in [6.45, 7) is 5.67. The second-order valence-corrected chi connectivity index (χ2v) is 3.81. The van der Waals surface area contributed by atoms with Gasteiger partial charge >= 0.3 is 6.03 Å². The number of aliphatic imine (C=N–C) groups is 1. The number of carbonyl (C=O) groups excluding carboxylic acids is 2. The van der Waals surface area contributed by atoms with Crippen LogP contribution in [0.5, 0.6) is 0 Å². The monoisotopic (exact) mass is 223 g/mol. The van der Waals surface area contributed by atoms with E-state index in [9.17, 15) is 9.59 Å². The molecule has 0 aromatic carbocycles. The van der Waals surface area contributed by atoms with Gasteiger partial charge in [0, 0.05) is 0 Å². The Morgan fingerprint density at radius 2 is 2.12 bits per heavy atom. The van der Waals surface area contributed by atoms with E-state index in [1.807, 2.05) is 26.8 Å². The zero-order valence-electron chi connectivity index (χ0n) is 9.83. The SMILES string of the molecule is CCC=C(C)C1(CC)C(=O)NC(=O)N=C1N. The minimum absolute atomic E-state index is 0.0888. The van der Waals surface area contributed by atoms with E-state index in [0.717, 1.165) is 12.0 Å². The van der Waals surface area contributed by atoms with E-state index in [4.69, 9.17) is 5.73 Å². The Morgan fingerprint density at radius 1 is 1.50 bits per heavy atom. The third-order valence-corrected chi connectivity index (χ3v) is 2.98. The summed E-state index contributed by atoms with van der Waals surface area (Å²) in [6.07, 6.45) is 3.23. The Hall–Kier alpha value is -1.65. The number of allylic oxidation sites excluding steroid dienone is 1. The molecule has 3 N–H and O–H groups in total. The fourth-order valence-electron chi connectivity index (χ4n) is 2.03. The second-order valence-electron chi connectivity index (χ2n) is 3.81. The number of rotatable bonds is 3. The number of hydrogen-bond donors (Lipinski definition) is 2. The number of amides is 3. The van der Waals surface area contributed by atoms with Gasteiger partial charge in [-0.1, -0.05) is 25.5 Å². The summed E-state index contributed by atoms with van der Waals surface area (Å²) in [5.41, 5.74) is 5.65. The molecule has 1 unspecified atom stereocenters. The molecule has 0 aliphatic carbocycles. The van der Waals surface area contributed by atoms with Crippen LogP contribution in [0.3, 0.4) is 0 Å². The van der Waals surface area contributed by atoms with Gasteiger partial charge in [0.15, 0.2) is 0 Å². The molecule has 88 valence electrons. The first-order chi connectivity index (χ1) is 7.48. The van der Waals surface area contributed by atoms with Gasteiger partial charge < -0.3 is 5.73 Å². The predicted molar refractivity (Wildman–Crippen MR) is 61.9 cm³/mol. The summed E-state index contributed by atoms with van der Waals surface area (Å²) in [5, 5.41) is 2.20. The maximum atomic E-state index is 12.0. The molecule has 3 amide bonds. The highest BCUT2D eigenvalue weighted by molar-refractivity contribution is 6.20. The molecule has 5 heteroatoms. The molecular weight excluding hydrogens is 206 g/mol. The molecular formula is C11H17N3O2. The van der Waals surface area contributed by atoms with Crippen LogP contribution in [0.2, 0.25) is 0 Å². The quantitative estimate of drug-likeness (QED) is 0.708. The van der Waals surface area contributed by atoms with Crippen molar-refractivity contribution in [2.24, 2.45) is 16.1 Å². The third kappa shape index (κ3) is 1.73. The van der Waals surface area contributed by atoms with Crippen molar-refractivity contribution in [2.75, 3.05) is 0 Å². The molecule has 1 aliphatic heterocycles. The Morgan fingerprint density at radius 3 is 2.56 bits per heavy atom. The molecule has 0 aromatic rings. The Labute approximate surface area is 94.8 Å². The first-order valence-corrected chi connectivity index (χ1v) is 5.36. The van der Waals surface area contributed by atoms with E-state index in [0.29, 0.717) is 6.42 Å². The van der Waals surface area contributed by atoms with E-state index in [1.54, 1.807) is 0 Å². The number of amidine groups is 1. The normalized spacial score (nSPS) is 26.4. The van der Waals surface area contributed by atoms with Crippen LogP contribution in [0.15, 0.2) is 16.6 Å². The molecule has 0 saturated heterocycles. The highest BCUT2D eigenvalue weighted by Gasteiger charge is 2.45. The van der Waals surface area contributed by atoms with E-state index < -0.39 is 11.4 Å². The molecule has 0 spiro atoms. The lowest BCUT2D eigenvalue weighted by Gasteiger charge is -2.33. The summed E-state index contributed by atoms with van der Waals surface area (Å²) < 4.78 is 0. The largest absolute Gasteiger partial charge is 0.386 e. The van der Waals surface area contributed by atoms with Crippen molar-refractivity contribution >= 4 is 17.8 Å². The molecule has 5 nitrogen and oxygen atoms in total. The van der Waals surface area contributed by atoms with E-state index in [2.05, 4.69) is 10.3 Å². The first kappa shape index (κ1) is 12.4. The van der Waals surface area contributed by atoms with Crippen molar-refractivity contribution < 1.29 is 9.59 Å². The van der Waals surface area contributed by atoms with Gasteiger partial charge in [0.1, 0.15) is 11.3 Å². The number of nitrogens with zero attached hydrogens (tertiary/aromatic N) is 1. The topological polar surface area (TPSA) is 84.5 Å². The zero-order chi connectivity index (χ0) is 12.3. The second kappa shape index (κ2) is 4.47. The van der Waals surface area contributed by atoms with Gasteiger partial charge in [0.2, 0.25) is 5.91 Å². The standard InChI is InChI=1S/C11H17N3O2/c1-4-6-7(3)11(5-2)8(12)13-10(16)14-9(11)15/h6H,4-5H2,1-3H3,(H3,12,13,14,15,16). The lowest BCUT2D eigenvalue weighted by atomic mass is 9.75. The van der Waals surface area contributed by atoms with Crippen LogP contribution in [-0.2, 0) is 4.79 Å². The third-order valence-electron chi connectivity index (χ3n) is 2.98. The van der Waals surface area contributed by atoms with Gasteiger partial charge in [0.25, 0.3) is 0 Å². The van der Waals surface area contributed by atoms with Crippen LogP contribution in [0.4, 0.5) is 4.79 Å². The molecule has 0 radical (unpaired) electrons. The maximum Gasteiger partial charge on any atom is 0.349 e. The maximum absolute atomic E-state index is 12.0. The highest BCUT2D eigenvalue weighted by atomic mass is 16.2. The van der Waals surface area contributed by atoms with Gasteiger partial charge in [-0.25, -0.2) is 4.79 Å². The Kier molecular flexibility index (Phi) is 3.47. The number of nitrogens with two attached hydrogens (primary N) is 1. The summed E-state index contributed by atoms with van der Waals surface area (Å²) in [6, 6.07) is -0.684. The van der Waals surface area contributed by atoms with Crippen LogP contribution < -0.4 is 11.1 Å². The van der Waals surface area contributed by atoms with Gasteiger partial charge in [-0.05, 0) is 19.8 Å².